The number of rotatable bonds is 6. The SMILES string of the molecule is CCCN1CCN(C(=O)[C@H]2CCCN(Cc3nc4ccccc4n3-c3ccc(F)cc3)C2)CC1. The molecule has 7 heteroatoms. The van der Waals surface area contributed by atoms with Crippen LogP contribution in [0, 0.1) is 11.7 Å². The second-order valence-electron chi connectivity index (χ2n) is 9.57. The van der Waals surface area contributed by atoms with E-state index in [1.807, 2.05) is 18.2 Å². The Balaban J connectivity index is 1.31. The smallest absolute Gasteiger partial charge is 0.227 e. The number of fused-ring (bicyclic) bond motifs is 1. The largest absolute Gasteiger partial charge is 0.340 e. The van der Waals surface area contributed by atoms with Gasteiger partial charge < -0.3 is 4.90 Å². The number of halogens is 1. The summed E-state index contributed by atoms with van der Waals surface area (Å²) < 4.78 is 15.7. The van der Waals surface area contributed by atoms with Crippen LogP contribution in [0.25, 0.3) is 16.7 Å². The first kappa shape index (κ1) is 23.0. The number of piperidine rings is 1. The maximum Gasteiger partial charge on any atom is 0.227 e. The molecule has 0 bridgehead atoms. The van der Waals surface area contributed by atoms with E-state index in [-0.39, 0.29) is 11.7 Å². The molecular formula is C27H34FN5O. The number of carbonyl (C=O) groups excluding carboxylic acids is 1. The van der Waals surface area contributed by atoms with Gasteiger partial charge in [0.25, 0.3) is 0 Å². The van der Waals surface area contributed by atoms with Crippen molar-refractivity contribution in [1.82, 2.24) is 24.3 Å². The highest BCUT2D eigenvalue weighted by Gasteiger charge is 2.31. The fraction of sp³-hybridized carbons (Fsp3) is 0.481. The van der Waals surface area contributed by atoms with Crippen LogP contribution >= 0.6 is 0 Å². The minimum atomic E-state index is -0.248. The summed E-state index contributed by atoms with van der Waals surface area (Å²) in [7, 11) is 0. The zero-order chi connectivity index (χ0) is 23.5. The van der Waals surface area contributed by atoms with E-state index in [9.17, 15) is 9.18 Å². The van der Waals surface area contributed by atoms with Gasteiger partial charge in [-0.25, -0.2) is 9.37 Å². The minimum absolute atomic E-state index is 0.0510. The molecule has 2 fully saturated rings. The second-order valence-corrected chi connectivity index (χ2v) is 9.57. The number of amides is 1. The minimum Gasteiger partial charge on any atom is -0.340 e. The second kappa shape index (κ2) is 10.2. The molecule has 34 heavy (non-hydrogen) atoms. The molecule has 0 aliphatic carbocycles. The summed E-state index contributed by atoms with van der Waals surface area (Å²) >= 11 is 0. The number of likely N-dealkylation sites (tertiary alicyclic amines) is 1. The van der Waals surface area contributed by atoms with Gasteiger partial charge in [0, 0.05) is 38.4 Å². The summed E-state index contributed by atoms with van der Waals surface area (Å²) in [6.45, 7) is 9.37. The molecule has 0 saturated carbocycles. The number of hydrogen-bond acceptors (Lipinski definition) is 4. The van der Waals surface area contributed by atoms with Crippen molar-refractivity contribution in [1.29, 1.82) is 0 Å². The first-order valence-corrected chi connectivity index (χ1v) is 12.6. The molecule has 180 valence electrons. The lowest BCUT2D eigenvalue weighted by molar-refractivity contribution is -0.139. The molecule has 0 spiro atoms. The lowest BCUT2D eigenvalue weighted by Crippen LogP contribution is -2.52. The molecule has 3 aromatic rings. The molecule has 0 radical (unpaired) electrons. The number of carbonyl (C=O) groups is 1. The summed E-state index contributed by atoms with van der Waals surface area (Å²) in [6.07, 6.45) is 3.14. The Bertz CT molecular complexity index is 1120. The highest BCUT2D eigenvalue weighted by molar-refractivity contribution is 5.79. The summed E-state index contributed by atoms with van der Waals surface area (Å²) in [5.74, 6) is 1.04. The third-order valence-corrected chi connectivity index (χ3v) is 7.16. The van der Waals surface area contributed by atoms with Crippen LogP contribution in [0.3, 0.4) is 0 Å². The normalized spacial score (nSPS) is 20.2. The molecule has 2 aliphatic rings. The van der Waals surface area contributed by atoms with Gasteiger partial charge in [-0.2, -0.15) is 0 Å². The monoisotopic (exact) mass is 463 g/mol. The van der Waals surface area contributed by atoms with Gasteiger partial charge in [0.15, 0.2) is 0 Å². The highest BCUT2D eigenvalue weighted by atomic mass is 19.1. The number of aromatic nitrogens is 2. The fourth-order valence-electron chi connectivity index (χ4n) is 5.43. The quantitative estimate of drug-likeness (QED) is 0.556. The lowest BCUT2D eigenvalue weighted by atomic mass is 9.96. The summed E-state index contributed by atoms with van der Waals surface area (Å²) in [6, 6.07) is 14.6. The van der Waals surface area contributed by atoms with E-state index in [1.165, 1.54) is 12.1 Å². The molecule has 1 amide bonds. The Morgan fingerprint density at radius 2 is 1.76 bits per heavy atom. The van der Waals surface area contributed by atoms with Crippen LogP contribution in [0.2, 0.25) is 0 Å². The van der Waals surface area contributed by atoms with E-state index in [0.717, 1.165) is 87.6 Å². The number of hydrogen-bond donors (Lipinski definition) is 0. The van der Waals surface area contributed by atoms with E-state index in [2.05, 4.69) is 32.3 Å². The molecule has 1 atom stereocenters. The van der Waals surface area contributed by atoms with Gasteiger partial charge in [0.05, 0.1) is 23.5 Å². The Morgan fingerprint density at radius 1 is 1.00 bits per heavy atom. The number of piperazine rings is 1. The van der Waals surface area contributed by atoms with Gasteiger partial charge in [0.1, 0.15) is 11.6 Å². The number of nitrogens with zero attached hydrogens (tertiary/aromatic N) is 5. The topological polar surface area (TPSA) is 44.6 Å². The van der Waals surface area contributed by atoms with Crippen LogP contribution < -0.4 is 0 Å². The summed E-state index contributed by atoms with van der Waals surface area (Å²) in [5.41, 5.74) is 2.84. The maximum absolute atomic E-state index is 13.6. The number of para-hydroxylation sites is 2. The Kier molecular flexibility index (Phi) is 6.92. The molecule has 2 aromatic carbocycles. The van der Waals surface area contributed by atoms with Crippen molar-refractivity contribution in [2.75, 3.05) is 45.8 Å². The molecule has 2 saturated heterocycles. The van der Waals surface area contributed by atoms with Crippen LogP contribution in [0.1, 0.15) is 32.0 Å². The number of benzene rings is 2. The van der Waals surface area contributed by atoms with Crippen LogP contribution in [-0.4, -0.2) is 76.0 Å². The summed E-state index contributed by atoms with van der Waals surface area (Å²) in [4.78, 5) is 25.1. The van der Waals surface area contributed by atoms with E-state index >= 15 is 0 Å². The first-order valence-electron chi connectivity index (χ1n) is 12.6. The summed E-state index contributed by atoms with van der Waals surface area (Å²) in [5, 5.41) is 0. The van der Waals surface area contributed by atoms with Crippen molar-refractivity contribution in [2.45, 2.75) is 32.7 Å². The van der Waals surface area contributed by atoms with Crippen molar-refractivity contribution in [3.8, 4) is 5.69 Å². The predicted molar refractivity (Wildman–Crippen MR) is 132 cm³/mol. The maximum atomic E-state index is 13.6. The zero-order valence-corrected chi connectivity index (χ0v) is 20.0. The first-order chi connectivity index (χ1) is 16.6. The number of imidazole rings is 1. The zero-order valence-electron chi connectivity index (χ0n) is 20.0. The predicted octanol–water partition coefficient (Wildman–Crippen LogP) is 3.93. The van der Waals surface area contributed by atoms with Crippen LogP contribution in [0.5, 0.6) is 0 Å². The van der Waals surface area contributed by atoms with Gasteiger partial charge in [-0.05, 0) is 68.8 Å². The van der Waals surface area contributed by atoms with Gasteiger partial charge in [-0.1, -0.05) is 19.1 Å². The molecule has 1 aromatic heterocycles. The average Bonchev–Trinajstić information content (AvgIpc) is 3.23. The lowest BCUT2D eigenvalue weighted by Gasteiger charge is -2.39. The van der Waals surface area contributed by atoms with E-state index < -0.39 is 0 Å². The van der Waals surface area contributed by atoms with Crippen LogP contribution in [0.4, 0.5) is 4.39 Å². The fourth-order valence-corrected chi connectivity index (χ4v) is 5.43. The molecule has 2 aliphatic heterocycles. The molecule has 5 rings (SSSR count). The Morgan fingerprint density at radius 3 is 2.53 bits per heavy atom. The molecular weight excluding hydrogens is 429 g/mol. The third-order valence-electron chi connectivity index (χ3n) is 7.16. The van der Waals surface area contributed by atoms with Gasteiger partial charge in [-0.3, -0.25) is 19.2 Å². The molecule has 0 N–H and O–H groups in total. The molecule has 0 unspecified atom stereocenters. The molecule has 6 nitrogen and oxygen atoms in total. The standard InChI is InChI=1S/C27H34FN5O/c1-2-13-30-15-17-32(18-16-30)27(34)21-6-5-14-31(19-21)20-26-29-24-7-3-4-8-25(24)33(26)23-11-9-22(28)10-12-23/h3-4,7-12,21H,2,5-6,13-20H2,1H3/t21-/m0/s1. The van der Waals surface area contributed by atoms with Crippen molar-refractivity contribution in [3.05, 3.63) is 60.2 Å². The van der Waals surface area contributed by atoms with Crippen molar-refractivity contribution >= 4 is 16.9 Å². The Labute approximate surface area is 201 Å². The molecule has 3 heterocycles. The van der Waals surface area contributed by atoms with Crippen LogP contribution in [0.15, 0.2) is 48.5 Å². The van der Waals surface area contributed by atoms with Crippen molar-refractivity contribution in [2.24, 2.45) is 5.92 Å². The third kappa shape index (κ3) is 4.86. The van der Waals surface area contributed by atoms with Gasteiger partial charge in [0.2, 0.25) is 5.91 Å². The van der Waals surface area contributed by atoms with Crippen molar-refractivity contribution < 1.29 is 9.18 Å². The Hall–Kier alpha value is -2.77. The van der Waals surface area contributed by atoms with E-state index in [4.69, 9.17) is 4.98 Å². The average molecular weight is 464 g/mol. The van der Waals surface area contributed by atoms with Gasteiger partial charge in [-0.15, -0.1) is 0 Å². The van der Waals surface area contributed by atoms with E-state index in [0.29, 0.717) is 12.5 Å². The van der Waals surface area contributed by atoms with Crippen LogP contribution in [-0.2, 0) is 11.3 Å². The van der Waals surface area contributed by atoms with E-state index in [1.54, 1.807) is 12.1 Å². The van der Waals surface area contributed by atoms with Crippen molar-refractivity contribution in [3.63, 3.8) is 0 Å². The highest BCUT2D eigenvalue weighted by Crippen LogP contribution is 2.26. The van der Waals surface area contributed by atoms with Gasteiger partial charge >= 0.3 is 0 Å².